The molecule has 7 nitrogen and oxygen atoms in total. The predicted molar refractivity (Wildman–Crippen MR) is 112 cm³/mol. The van der Waals surface area contributed by atoms with Gasteiger partial charge in [0.25, 0.3) is 5.91 Å². The summed E-state index contributed by atoms with van der Waals surface area (Å²) in [5.41, 5.74) is 1.27. The lowest BCUT2D eigenvalue weighted by Gasteiger charge is -2.25. The van der Waals surface area contributed by atoms with Crippen LogP contribution in [0, 0.1) is 0 Å². The molecule has 29 heavy (non-hydrogen) atoms. The van der Waals surface area contributed by atoms with Crippen molar-refractivity contribution < 1.29 is 18.0 Å². The van der Waals surface area contributed by atoms with Gasteiger partial charge in [0.05, 0.1) is 17.5 Å². The first-order chi connectivity index (χ1) is 13.8. The molecule has 0 fully saturated rings. The Morgan fingerprint density at radius 2 is 1.90 bits per heavy atom. The molecule has 0 saturated carbocycles. The number of amides is 2. The van der Waals surface area contributed by atoms with Crippen molar-refractivity contribution in [3.8, 4) is 0 Å². The maximum atomic E-state index is 12.4. The number of nitrogens with zero attached hydrogens (tertiary/aromatic N) is 1. The second-order valence-electron chi connectivity index (χ2n) is 6.79. The number of hydrogen-bond acceptors (Lipinski definition) is 5. The van der Waals surface area contributed by atoms with Crippen molar-refractivity contribution in [3.63, 3.8) is 0 Å². The van der Waals surface area contributed by atoms with Crippen molar-refractivity contribution in [2.75, 3.05) is 26.4 Å². The van der Waals surface area contributed by atoms with Crippen LogP contribution in [0.25, 0.3) is 0 Å². The highest BCUT2D eigenvalue weighted by molar-refractivity contribution is 7.99. The smallest absolute Gasteiger partial charge is 0.251 e. The van der Waals surface area contributed by atoms with Gasteiger partial charge in [-0.1, -0.05) is 24.3 Å². The maximum Gasteiger partial charge on any atom is 0.251 e. The summed E-state index contributed by atoms with van der Waals surface area (Å²) in [4.78, 5) is 25.9. The summed E-state index contributed by atoms with van der Waals surface area (Å²) in [7, 11) is -0.790. The Hall–Kier alpha value is -2.36. The van der Waals surface area contributed by atoms with E-state index in [1.165, 1.54) is 38.4 Å². The van der Waals surface area contributed by atoms with Crippen molar-refractivity contribution in [2.24, 2.45) is 0 Å². The third kappa shape index (κ3) is 4.98. The van der Waals surface area contributed by atoms with Gasteiger partial charge in [-0.3, -0.25) is 9.59 Å². The molecule has 0 spiro atoms. The highest BCUT2D eigenvalue weighted by Gasteiger charge is 2.22. The number of hydrogen-bond donors (Lipinski definition) is 2. The van der Waals surface area contributed by atoms with Crippen LogP contribution in [-0.4, -0.2) is 50.9 Å². The number of sulfonamides is 1. The van der Waals surface area contributed by atoms with Crippen LogP contribution < -0.4 is 10.6 Å². The van der Waals surface area contributed by atoms with Gasteiger partial charge < -0.3 is 10.6 Å². The number of rotatable bonds is 6. The van der Waals surface area contributed by atoms with E-state index in [1.54, 1.807) is 11.8 Å². The van der Waals surface area contributed by atoms with Crippen molar-refractivity contribution in [2.45, 2.75) is 22.3 Å². The number of carbonyl (C=O) groups excluding carboxylic acids is 2. The fourth-order valence-electron chi connectivity index (χ4n) is 3.01. The Morgan fingerprint density at radius 3 is 2.66 bits per heavy atom. The van der Waals surface area contributed by atoms with Gasteiger partial charge in [0, 0.05) is 30.3 Å². The van der Waals surface area contributed by atoms with E-state index in [-0.39, 0.29) is 29.0 Å². The predicted octanol–water partition coefficient (Wildman–Crippen LogP) is 2.02. The SMILES string of the molecule is CN(C)S(=O)(=O)c1cccc(C(=O)NCC(=O)NC2CCSc3ccccc32)c1. The molecule has 0 bridgehead atoms. The van der Waals surface area contributed by atoms with E-state index in [0.717, 1.165) is 26.9 Å². The molecule has 1 atom stereocenters. The molecular formula is C20H23N3O4S2. The van der Waals surface area contributed by atoms with Crippen LogP contribution in [0.5, 0.6) is 0 Å². The Bertz CT molecular complexity index is 1020. The molecule has 1 aliphatic heterocycles. The van der Waals surface area contributed by atoms with Crippen molar-refractivity contribution in [1.29, 1.82) is 0 Å². The summed E-state index contributed by atoms with van der Waals surface area (Å²) in [6.07, 6.45) is 0.825. The summed E-state index contributed by atoms with van der Waals surface area (Å²) in [5.74, 6) is 0.124. The Balaban J connectivity index is 1.61. The number of fused-ring (bicyclic) bond motifs is 1. The molecule has 1 aliphatic rings. The van der Waals surface area contributed by atoms with E-state index >= 15 is 0 Å². The molecule has 1 unspecified atom stereocenters. The lowest BCUT2D eigenvalue weighted by Crippen LogP contribution is -2.39. The van der Waals surface area contributed by atoms with Crippen LogP contribution >= 0.6 is 11.8 Å². The van der Waals surface area contributed by atoms with Crippen molar-refractivity contribution >= 4 is 33.6 Å². The average molecular weight is 434 g/mol. The summed E-state index contributed by atoms with van der Waals surface area (Å²) in [6.45, 7) is -0.185. The summed E-state index contributed by atoms with van der Waals surface area (Å²) < 4.78 is 25.5. The second kappa shape index (κ2) is 8.98. The van der Waals surface area contributed by atoms with E-state index in [4.69, 9.17) is 0 Å². The molecule has 9 heteroatoms. The number of carbonyl (C=O) groups is 2. The quantitative estimate of drug-likeness (QED) is 0.727. The summed E-state index contributed by atoms with van der Waals surface area (Å²) in [6, 6.07) is 13.6. The van der Waals surface area contributed by atoms with Crippen molar-refractivity contribution in [1.82, 2.24) is 14.9 Å². The van der Waals surface area contributed by atoms with Crippen LogP contribution in [0.1, 0.15) is 28.4 Å². The first-order valence-corrected chi connectivity index (χ1v) is 11.5. The third-order valence-electron chi connectivity index (χ3n) is 4.58. The molecule has 2 N–H and O–H groups in total. The fraction of sp³-hybridized carbons (Fsp3) is 0.300. The van der Waals surface area contributed by atoms with Crippen molar-refractivity contribution in [3.05, 3.63) is 59.7 Å². The lowest BCUT2D eigenvalue weighted by atomic mass is 10.0. The molecule has 0 aromatic heterocycles. The van der Waals surface area contributed by atoms with Gasteiger partial charge in [-0.15, -0.1) is 11.8 Å². The first-order valence-electron chi connectivity index (χ1n) is 9.11. The molecule has 154 valence electrons. The molecular weight excluding hydrogens is 410 g/mol. The van der Waals surface area contributed by atoms with Crippen LogP contribution in [0.4, 0.5) is 0 Å². The molecule has 1 heterocycles. The van der Waals surface area contributed by atoms with E-state index in [2.05, 4.69) is 10.6 Å². The monoisotopic (exact) mass is 433 g/mol. The molecule has 3 rings (SSSR count). The highest BCUT2D eigenvalue weighted by atomic mass is 32.2. The molecule has 2 aromatic rings. The Kier molecular flexibility index (Phi) is 6.61. The number of benzene rings is 2. The molecule has 0 aliphatic carbocycles. The van der Waals surface area contributed by atoms with Gasteiger partial charge in [-0.25, -0.2) is 12.7 Å². The van der Waals surface area contributed by atoms with Crippen LogP contribution in [0.2, 0.25) is 0 Å². The van der Waals surface area contributed by atoms with Crippen LogP contribution in [0.3, 0.4) is 0 Å². The van der Waals surface area contributed by atoms with E-state index in [1.807, 2.05) is 24.3 Å². The molecule has 0 radical (unpaired) electrons. The first kappa shape index (κ1) is 21.4. The zero-order valence-corrected chi connectivity index (χ0v) is 17.8. The zero-order chi connectivity index (χ0) is 21.0. The second-order valence-corrected chi connectivity index (χ2v) is 10.1. The molecule has 2 aromatic carbocycles. The summed E-state index contributed by atoms with van der Waals surface area (Å²) in [5, 5.41) is 5.52. The molecule has 2 amide bonds. The van der Waals surface area contributed by atoms with Gasteiger partial charge in [-0.05, 0) is 36.2 Å². The minimum atomic E-state index is -3.64. The van der Waals surface area contributed by atoms with Gasteiger partial charge in [0.1, 0.15) is 0 Å². The van der Waals surface area contributed by atoms with E-state index < -0.39 is 15.9 Å². The summed E-state index contributed by atoms with van der Waals surface area (Å²) >= 11 is 1.77. The van der Waals surface area contributed by atoms with E-state index in [9.17, 15) is 18.0 Å². The highest BCUT2D eigenvalue weighted by Crippen LogP contribution is 2.35. The third-order valence-corrected chi connectivity index (χ3v) is 7.51. The van der Waals surface area contributed by atoms with E-state index in [0.29, 0.717) is 0 Å². The minimum Gasteiger partial charge on any atom is -0.348 e. The Labute approximate surface area is 174 Å². The van der Waals surface area contributed by atoms with Crippen LogP contribution in [-0.2, 0) is 14.8 Å². The van der Waals surface area contributed by atoms with Gasteiger partial charge in [-0.2, -0.15) is 0 Å². The zero-order valence-electron chi connectivity index (χ0n) is 16.2. The molecule has 0 saturated heterocycles. The fourth-order valence-corrected chi connectivity index (χ4v) is 5.08. The van der Waals surface area contributed by atoms with Gasteiger partial charge >= 0.3 is 0 Å². The van der Waals surface area contributed by atoms with Gasteiger partial charge in [0.15, 0.2) is 0 Å². The normalized spacial score (nSPS) is 16.2. The lowest BCUT2D eigenvalue weighted by molar-refractivity contribution is -0.120. The van der Waals surface area contributed by atoms with Gasteiger partial charge in [0.2, 0.25) is 15.9 Å². The largest absolute Gasteiger partial charge is 0.348 e. The maximum absolute atomic E-state index is 12.4. The standard InChI is InChI=1S/C20H23N3O4S2/c1-23(2)29(26,27)15-7-5-6-14(12-15)20(25)21-13-19(24)22-17-10-11-28-18-9-4-3-8-16(17)18/h3-9,12,17H,10-11,13H2,1-2H3,(H,21,25)(H,22,24). The van der Waals surface area contributed by atoms with Crippen LogP contribution in [0.15, 0.2) is 58.3 Å². The number of nitrogens with one attached hydrogen (secondary N) is 2. The average Bonchev–Trinajstić information content (AvgIpc) is 2.72. The topological polar surface area (TPSA) is 95.6 Å². The Morgan fingerprint density at radius 1 is 1.14 bits per heavy atom. The minimum absolute atomic E-state index is 0.0240. The number of thioether (sulfide) groups is 1.